The summed E-state index contributed by atoms with van der Waals surface area (Å²) in [6.45, 7) is 0. The molecule has 4 rings (SSSR count). The Hall–Kier alpha value is -3.45. The van der Waals surface area contributed by atoms with Gasteiger partial charge in [0.2, 0.25) is 5.91 Å². The molecule has 2 aromatic heterocycles. The van der Waals surface area contributed by atoms with E-state index in [2.05, 4.69) is 25.9 Å². The van der Waals surface area contributed by atoms with Gasteiger partial charge in [-0.15, -0.1) is 0 Å². The molecule has 7 nitrogen and oxygen atoms in total. The van der Waals surface area contributed by atoms with Gasteiger partial charge in [-0.3, -0.25) is 15.6 Å². The van der Waals surface area contributed by atoms with Crippen LogP contribution < -0.4 is 10.9 Å². The molecule has 0 aliphatic carbocycles. The third-order valence-corrected chi connectivity index (χ3v) is 4.46. The van der Waals surface area contributed by atoms with E-state index >= 15 is 0 Å². The van der Waals surface area contributed by atoms with Crippen LogP contribution in [0.25, 0.3) is 16.7 Å². The summed E-state index contributed by atoms with van der Waals surface area (Å²) in [5.41, 5.74) is 8.07. The number of nitrogens with zero attached hydrogens (tertiary/aromatic N) is 4. The Bertz CT molecular complexity index is 1110. The van der Waals surface area contributed by atoms with E-state index in [1.807, 2.05) is 42.5 Å². The van der Waals surface area contributed by atoms with Crippen molar-refractivity contribution in [1.82, 2.24) is 25.2 Å². The van der Waals surface area contributed by atoms with Gasteiger partial charge in [-0.1, -0.05) is 48.0 Å². The molecule has 140 valence electrons. The number of amides is 1. The molecule has 2 aromatic carbocycles. The SMILES string of the molecule is O=C(CCc1ccccc1)NNc1ncnc2c1cnn2-c1cccc(Cl)c1. The van der Waals surface area contributed by atoms with Crippen LogP contribution >= 0.6 is 11.6 Å². The second-order valence-corrected chi connectivity index (χ2v) is 6.59. The number of rotatable bonds is 6. The van der Waals surface area contributed by atoms with Crippen LogP contribution in [0.5, 0.6) is 0 Å². The summed E-state index contributed by atoms with van der Waals surface area (Å²) < 4.78 is 1.67. The zero-order valence-corrected chi connectivity index (χ0v) is 15.6. The highest BCUT2D eigenvalue weighted by molar-refractivity contribution is 6.30. The summed E-state index contributed by atoms with van der Waals surface area (Å²) in [4.78, 5) is 20.6. The van der Waals surface area contributed by atoms with Gasteiger partial charge in [0.25, 0.3) is 0 Å². The molecule has 0 radical (unpaired) electrons. The van der Waals surface area contributed by atoms with Crippen LogP contribution in [-0.4, -0.2) is 25.7 Å². The lowest BCUT2D eigenvalue weighted by molar-refractivity contribution is -0.120. The van der Waals surface area contributed by atoms with E-state index in [4.69, 9.17) is 11.6 Å². The molecule has 2 N–H and O–H groups in total. The molecule has 0 saturated carbocycles. The van der Waals surface area contributed by atoms with Crippen LogP contribution in [0.1, 0.15) is 12.0 Å². The zero-order valence-electron chi connectivity index (χ0n) is 14.8. The fourth-order valence-electron chi connectivity index (χ4n) is 2.83. The van der Waals surface area contributed by atoms with Crippen molar-refractivity contribution in [3.05, 3.63) is 77.7 Å². The Morgan fingerprint density at radius 3 is 2.75 bits per heavy atom. The van der Waals surface area contributed by atoms with Gasteiger partial charge in [-0.2, -0.15) is 5.10 Å². The minimum atomic E-state index is -0.127. The molecule has 0 bridgehead atoms. The molecular weight excluding hydrogens is 376 g/mol. The summed E-state index contributed by atoms with van der Waals surface area (Å²) in [5.74, 6) is 0.351. The van der Waals surface area contributed by atoms with Crippen molar-refractivity contribution in [3.8, 4) is 5.69 Å². The first-order valence-corrected chi connectivity index (χ1v) is 9.12. The minimum Gasteiger partial charge on any atom is -0.281 e. The summed E-state index contributed by atoms with van der Waals surface area (Å²) in [7, 11) is 0. The molecule has 0 spiro atoms. The topological polar surface area (TPSA) is 84.7 Å². The van der Waals surface area contributed by atoms with E-state index in [0.29, 0.717) is 34.7 Å². The number of nitrogens with one attached hydrogen (secondary N) is 2. The van der Waals surface area contributed by atoms with E-state index in [9.17, 15) is 4.79 Å². The van der Waals surface area contributed by atoms with Crippen LogP contribution in [0.2, 0.25) is 5.02 Å². The van der Waals surface area contributed by atoms with E-state index < -0.39 is 0 Å². The van der Waals surface area contributed by atoms with Crippen molar-refractivity contribution >= 4 is 34.4 Å². The third kappa shape index (κ3) is 3.94. The minimum absolute atomic E-state index is 0.127. The zero-order chi connectivity index (χ0) is 19.3. The number of carbonyl (C=O) groups is 1. The standard InChI is InChI=1S/C20H17ClN6O/c21-15-7-4-8-16(11-15)27-20-17(12-24-27)19(22-13-23-20)26-25-18(28)10-9-14-5-2-1-3-6-14/h1-8,11-13H,9-10H2,(H,25,28)(H,22,23,26). The highest BCUT2D eigenvalue weighted by Crippen LogP contribution is 2.22. The molecule has 0 atom stereocenters. The molecule has 0 aliphatic rings. The lowest BCUT2D eigenvalue weighted by atomic mass is 10.1. The van der Waals surface area contributed by atoms with Crippen molar-refractivity contribution < 1.29 is 4.79 Å². The first-order chi connectivity index (χ1) is 13.7. The number of carbonyl (C=O) groups excluding carboxylic acids is 1. The number of hydrogen-bond donors (Lipinski definition) is 2. The number of aryl methyl sites for hydroxylation is 1. The largest absolute Gasteiger partial charge is 0.281 e. The third-order valence-electron chi connectivity index (χ3n) is 4.22. The lowest BCUT2D eigenvalue weighted by Crippen LogP contribution is -2.30. The average molecular weight is 393 g/mol. The molecule has 0 unspecified atom stereocenters. The maximum absolute atomic E-state index is 12.1. The molecule has 28 heavy (non-hydrogen) atoms. The summed E-state index contributed by atoms with van der Waals surface area (Å²) in [6, 6.07) is 17.2. The number of anilines is 1. The normalized spacial score (nSPS) is 10.8. The first kappa shape index (κ1) is 17.9. The van der Waals surface area contributed by atoms with Gasteiger partial charge < -0.3 is 0 Å². The summed E-state index contributed by atoms with van der Waals surface area (Å²) >= 11 is 6.07. The Kier molecular flexibility index (Phi) is 5.16. The van der Waals surface area contributed by atoms with E-state index in [0.717, 1.165) is 11.3 Å². The quantitative estimate of drug-likeness (QED) is 0.490. The van der Waals surface area contributed by atoms with Crippen molar-refractivity contribution in [2.24, 2.45) is 0 Å². The Balaban J connectivity index is 1.46. The molecule has 0 saturated heterocycles. The molecular formula is C20H17ClN6O. The van der Waals surface area contributed by atoms with E-state index in [-0.39, 0.29) is 5.91 Å². The van der Waals surface area contributed by atoms with Gasteiger partial charge in [0.1, 0.15) is 6.33 Å². The van der Waals surface area contributed by atoms with Gasteiger partial charge in [0, 0.05) is 11.4 Å². The number of halogens is 1. The maximum atomic E-state index is 12.1. The molecule has 4 aromatic rings. The van der Waals surface area contributed by atoms with Gasteiger partial charge in [-0.05, 0) is 30.2 Å². The lowest BCUT2D eigenvalue weighted by Gasteiger charge is -2.09. The van der Waals surface area contributed by atoms with Gasteiger partial charge >= 0.3 is 0 Å². The average Bonchev–Trinajstić information content (AvgIpc) is 3.16. The highest BCUT2D eigenvalue weighted by atomic mass is 35.5. The van der Waals surface area contributed by atoms with E-state index in [1.54, 1.807) is 23.0 Å². The monoisotopic (exact) mass is 392 g/mol. The Labute approximate surface area is 166 Å². The van der Waals surface area contributed by atoms with Crippen molar-refractivity contribution in [2.45, 2.75) is 12.8 Å². The van der Waals surface area contributed by atoms with Crippen LogP contribution in [0.3, 0.4) is 0 Å². The summed E-state index contributed by atoms with van der Waals surface area (Å²) in [6.07, 6.45) is 4.10. The second kappa shape index (κ2) is 8.06. The van der Waals surface area contributed by atoms with Gasteiger partial charge in [0.15, 0.2) is 11.5 Å². The van der Waals surface area contributed by atoms with Crippen LogP contribution in [0.4, 0.5) is 5.82 Å². The highest BCUT2D eigenvalue weighted by Gasteiger charge is 2.12. The number of hydrazine groups is 1. The first-order valence-electron chi connectivity index (χ1n) is 8.74. The van der Waals surface area contributed by atoms with E-state index in [1.165, 1.54) is 6.33 Å². The number of aromatic nitrogens is 4. The molecule has 2 heterocycles. The predicted molar refractivity (Wildman–Crippen MR) is 108 cm³/mol. The molecule has 0 aliphatic heterocycles. The molecule has 8 heteroatoms. The van der Waals surface area contributed by atoms with Gasteiger partial charge in [-0.25, -0.2) is 14.6 Å². The number of hydrogen-bond acceptors (Lipinski definition) is 5. The predicted octanol–water partition coefficient (Wildman–Crippen LogP) is 3.54. The fraction of sp³-hybridized carbons (Fsp3) is 0.100. The second-order valence-electron chi connectivity index (χ2n) is 6.15. The Morgan fingerprint density at radius 2 is 1.93 bits per heavy atom. The van der Waals surface area contributed by atoms with Crippen molar-refractivity contribution in [2.75, 3.05) is 5.43 Å². The summed E-state index contributed by atoms with van der Waals surface area (Å²) in [5, 5.41) is 5.67. The smallest absolute Gasteiger partial charge is 0.238 e. The van der Waals surface area contributed by atoms with Crippen LogP contribution in [0, 0.1) is 0 Å². The fourth-order valence-corrected chi connectivity index (χ4v) is 3.02. The van der Waals surface area contributed by atoms with Crippen molar-refractivity contribution in [1.29, 1.82) is 0 Å². The number of fused-ring (bicyclic) bond motifs is 1. The maximum Gasteiger partial charge on any atom is 0.238 e. The molecule has 1 amide bonds. The van der Waals surface area contributed by atoms with Crippen molar-refractivity contribution in [3.63, 3.8) is 0 Å². The molecule has 0 fully saturated rings. The van der Waals surface area contributed by atoms with Crippen LogP contribution in [0.15, 0.2) is 67.1 Å². The van der Waals surface area contributed by atoms with Crippen LogP contribution in [-0.2, 0) is 11.2 Å². The Morgan fingerprint density at radius 1 is 1.07 bits per heavy atom. The van der Waals surface area contributed by atoms with Gasteiger partial charge in [0.05, 0.1) is 17.3 Å². The number of benzene rings is 2.